The standard InChI is InChI=1S/C16H22N2S/c1-12(14-4-3-8-18(2)11-14)17-15-5-6-16-13(10-15)7-9-19-16/h5-7,9-10,12,14,17H,3-4,8,11H2,1-2H3. The Kier molecular flexibility index (Phi) is 3.76. The summed E-state index contributed by atoms with van der Waals surface area (Å²) in [4.78, 5) is 2.45. The molecule has 2 nitrogen and oxygen atoms in total. The average molecular weight is 274 g/mol. The second-order valence-corrected chi connectivity index (χ2v) is 6.72. The smallest absolute Gasteiger partial charge is 0.0349 e. The number of hydrogen-bond acceptors (Lipinski definition) is 3. The highest BCUT2D eigenvalue weighted by atomic mass is 32.1. The molecular formula is C16H22N2S. The molecule has 2 aromatic rings. The third-order valence-electron chi connectivity index (χ3n) is 4.21. The molecule has 1 fully saturated rings. The number of anilines is 1. The fraction of sp³-hybridized carbons (Fsp3) is 0.500. The molecule has 1 saturated heterocycles. The van der Waals surface area contributed by atoms with Crippen molar-refractivity contribution in [1.29, 1.82) is 0 Å². The van der Waals surface area contributed by atoms with Gasteiger partial charge in [0.1, 0.15) is 0 Å². The van der Waals surface area contributed by atoms with E-state index in [1.165, 1.54) is 41.7 Å². The zero-order valence-corrected chi connectivity index (χ0v) is 12.5. The Labute approximate surface area is 119 Å². The van der Waals surface area contributed by atoms with Gasteiger partial charge in [0, 0.05) is 23.0 Å². The van der Waals surface area contributed by atoms with Crippen molar-refractivity contribution in [2.75, 3.05) is 25.5 Å². The number of likely N-dealkylation sites (tertiary alicyclic amines) is 1. The number of hydrogen-bond donors (Lipinski definition) is 1. The molecule has 1 aliphatic rings. The summed E-state index contributed by atoms with van der Waals surface area (Å²) in [6.45, 7) is 4.79. The first-order chi connectivity index (χ1) is 9.22. The van der Waals surface area contributed by atoms with E-state index in [0.717, 1.165) is 5.92 Å². The first-order valence-corrected chi connectivity index (χ1v) is 8.03. The van der Waals surface area contributed by atoms with Crippen LogP contribution < -0.4 is 5.32 Å². The molecule has 3 rings (SSSR count). The van der Waals surface area contributed by atoms with Crippen molar-refractivity contribution >= 4 is 27.1 Å². The van der Waals surface area contributed by atoms with E-state index < -0.39 is 0 Å². The predicted octanol–water partition coefficient (Wildman–Crippen LogP) is 4.04. The van der Waals surface area contributed by atoms with Crippen LogP contribution in [0.3, 0.4) is 0 Å². The van der Waals surface area contributed by atoms with E-state index in [9.17, 15) is 0 Å². The van der Waals surface area contributed by atoms with Crippen LogP contribution in [-0.2, 0) is 0 Å². The molecule has 19 heavy (non-hydrogen) atoms. The van der Waals surface area contributed by atoms with Crippen molar-refractivity contribution in [2.45, 2.75) is 25.8 Å². The molecule has 0 amide bonds. The highest BCUT2D eigenvalue weighted by Crippen LogP contribution is 2.26. The Morgan fingerprint density at radius 1 is 1.37 bits per heavy atom. The summed E-state index contributed by atoms with van der Waals surface area (Å²) in [5.41, 5.74) is 1.26. The number of nitrogens with zero attached hydrogens (tertiary/aromatic N) is 1. The molecule has 0 aliphatic carbocycles. The molecule has 1 aliphatic heterocycles. The van der Waals surface area contributed by atoms with Crippen LogP contribution >= 0.6 is 11.3 Å². The number of thiophene rings is 1. The Balaban J connectivity index is 1.69. The molecule has 0 spiro atoms. The van der Waals surface area contributed by atoms with E-state index in [1.807, 2.05) is 11.3 Å². The van der Waals surface area contributed by atoms with Gasteiger partial charge in [-0.05, 0) is 74.3 Å². The lowest BCUT2D eigenvalue weighted by atomic mass is 9.91. The van der Waals surface area contributed by atoms with Gasteiger partial charge in [-0.15, -0.1) is 11.3 Å². The molecule has 0 saturated carbocycles. The number of benzene rings is 1. The third kappa shape index (κ3) is 2.93. The zero-order chi connectivity index (χ0) is 13.2. The maximum absolute atomic E-state index is 3.69. The monoisotopic (exact) mass is 274 g/mol. The molecule has 0 bridgehead atoms. The van der Waals surface area contributed by atoms with Crippen molar-refractivity contribution in [2.24, 2.45) is 5.92 Å². The van der Waals surface area contributed by atoms with Crippen LogP contribution in [-0.4, -0.2) is 31.1 Å². The highest BCUT2D eigenvalue weighted by molar-refractivity contribution is 7.17. The van der Waals surface area contributed by atoms with Gasteiger partial charge in [-0.2, -0.15) is 0 Å². The maximum atomic E-state index is 3.69. The molecule has 0 radical (unpaired) electrons. The fourth-order valence-electron chi connectivity index (χ4n) is 3.05. The topological polar surface area (TPSA) is 15.3 Å². The van der Waals surface area contributed by atoms with Gasteiger partial charge >= 0.3 is 0 Å². The quantitative estimate of drug-likeness (QED) is 0.908. The van der Waals surface area contributed by atoms with Crippen molar-refractivity contribution in [3.63, 3.8) is 0 Å². The van der Waals surface area contributed by atoms with Crippen LogP contribution in [0, 0.1) is 5.92 Å². The maximum Gasteiger partial charge on any atom is 0.0349 e. The molecule has 102 valence electrons. The van der Waals surface area contributed by atoms with E-state index in [-0.39, 0.29) is 0 Å². The molecule has 2 unspecified atom stereocenters. The van der Waals surface area contributed by atoms with Crippen LogP contribution in [0.25, 0.3) is 10.1 Å². The fourth-order valence-corrected chi connectivity index (χ4v) is 3.82. The van der Waals surface area contributed by atoms with Gasteiger partial charge in [-0.25, -0.2) is 0 Å². The van der Waals surface area contributed by atoms with Gasteiger partial charge in [-0.3, -0.25) is 0 Å². The van der Waals surface area contributed by atoms with Crippen LogP contribution in [0.4, 0.5) is 5.69 Å². The molecule has 2 heterocycles. The van der Waals surface area contributed by atoms with Crippen LogP contribution in [0.2, 0.25) is 0 Å². The van der Waals surface area contributed by atoms with Gasteiger partial charge < -0.3 is 10.2 Å². The minimum absolute atomic E-state index is 0.541. The largest absolute Gasteiger partial charge is 0.382 e. The highest BCUT2D eigenvalue weighted by Gasteiger charge is 2.22. The number of piperidine rings is 1. The van der Waals surface area contributed by atoms with Crippen LogP contribution in [0.15, 0.2) is 29.6 Å². The van der Waals surface area contributed by atoms with E-state index >= 15 is 0 Å². The molecular weight excluding hydrogens is 252 g/mol. The summed E-state index contributed by atoms with van der Waals surface area (Å²) in [7, 11) is 2.23. The summed E-state index contributed by atoms with van der Waals surface area (Å²) in [5.74, 6) is 0.761. The van der Waals surface area contributed by atoms with Gasteiger partial charge in [0.2, 0.25) is 0 Å². The molecule has 2 atom stereocenters. The minimum atomic E-state index is 0.541. The first kappa shape index (κ1) is 12.9. The van der Waals surface area contributed by atoms with Gasteiger partial charge in [0.05, 0.1) is 0 Å². The van der Waals surface area contributed by atoms with Crippen molar-refractivity contribution < 1.29 is 0 Å². The Bertz CT molecular complexity index is 548. The van der Waals surface area contributed by atoms with Crippen LogP contribution in [0.5, 0.6) is 0 Å². The van der Waals surface area contributed by atoms with Crippen molar-refractivity contribution in [3.05, 3.63) is 29.6 Å². The lowest BCUT2D eigenvalue weighted by molar-refractivity contribution is 0.197. The van der Waals surface area contributed by atoms with E-state index in [0.29, 0.717) is 6.04 Å². The molecule has 1 N–H and O–H groups in total. The minimum Gasteiger partial charge on any atom is -0.382 e. The van der Waals surface area contributed by atoms with Crippen molar-refractivity contribution in [1.82, 2.24) is 4.90 Å². The molecule has 3 heteroatoms. The summed E-state index contributed by atoms with van der Waals surface area (Å²) in [6, 6.07) is 9.45. The summed E-state index contributed by atoms with van der Waals surface area (Å²) in [6.07, 6.45) is 2.68. The predicted molar refractivity (Wildman–Crippen MR) is 85.1 cm³/mol. The summed E-state index contributed by atoms with van der Waals surface area (Å²) in [5, 5.41) is 7.20. The number of fused-ring (bicyclic) bond motifs is 1. The normalized spacial score (nSPS) is 22.5. The average Bonchev–Trinajstić information content (AvgIpc) is 2.86. The van der Waals surface area contributed by atoms with E-state index in [1.54, 1.807) is 0 Å². The summed E-state index contributed by atoms with van der Waals surface area (Å²) >= 11 is 1.81. The second-order valence-electron chi connectivity index (χ2n) is 5.77. The van der Waals surface area contributed by atoms with Gasteiger partial charge in [0.15, 0.2) is 0 Å². The van der Waals surface area contributed by atoms with Gasteiger partial charge in [-0.1, -0.05) is 0 Å². The molecule has 1 aromatic heterocycles. The van der Waals surface area contributed by atoms with Crippen molar-refractivity contribution in [3.8, 4) is 0 Å². The molecule has 1 aromatic carbocycles. The van der Waals surface area contributed by atoms with E-state index in [4.69, 9.17) is 0 Å². The Morgan fingerprint density at radius 3 is 3.11 bits per heavy atom. The lowest BCUT2D eigenvalue weighted by Gasteiger charge is -2.34. The Morgan fingerprint density at radius 2 is 2.26 bits per heavy atom. The first-order valence-electron chi connectivity index (χ1n) is 7.15. The van der Waals surface area contributed by atoms with E-state index in [2.05, 4.69) is 53.8 Å². The third-order valence-corrected chi connectivity index (χ3v) is 5.11. The second kappa shape index (κ2) is 5.51. The summed E-state index contributed by atoms with van der Waals surface area (Å²) < 4.78 is 1.37. The number of rotatable bonds is 3. The van der Waals surface area contributed by atoms with Gasteiger partial charge in [0.25, 0.3) is 0 Å². The Hall–Kier alpha value is -1.06. The SMILES string of the molecule is CC(Nc1ccc2sccc2c1)C1CCCN(C)C1. The number of nitrogens with one attached hydrogen (secondary N) is 1. The van der Waals surface area contributed by atoms with Crippen LogP contribution in [0.1, 0.15) is 19.8 Å². The lowest BCUT2D eigenvalue weighted by Crippen LogP contribution is -2.39. The zero-order valence-electron chi connectivity index (χ0n) is 11.7.